The van der Waals surface area contributed by atoms with Crippen molar-refractivity contribution >= 4 is 5.91 Å². The number of hydrogen-bond donors (Lipinski definition) is 0. The van der Waals surface area contributed by atoms with E-state index in [0.29, 0.717) is 18.7 Å². The van der Waals surface area contributed by atoms with Crippen LogP contribution in [0, 0.1) is 5.82 Å². The van der Waals surface area contributed by atoms with Crippen molar-refractivity contribution in [2.75, 3.05) is 20.3 Å². The van der Waals surface area contributed by atoms with Crippen LogP contribution in [0.15, 0.2) is 24.3 Å². The molecule has 25 heavy (non-hydrogen) atoms. The lowest BCUT2D eigenvalue weighted by Crippen LogP contribution is -2.38. The summed E-state index contributed by atoms with van der Waals surface area (Å²) in [5.41, 5.74) is 3.45. The summed E-state index contributed by atoms with van der Waals surface area (Å²) in [6.45, 7) is 1.71. The molecule has 0 bridgehead atoms. The fraction of sp³-hybridized carbons (Fsp3) is 0.444. The minimum absolute atomic E-state index is 0.0322. The van der Waals surface area contributed by atoms with Crippen LogP contribution < -0.4 is 0 Å². The van der Waals surface area contributed by atoms with Gasteiger partial charge in [0.15, 0.2) is 0 Å². The molecule has 2 aromatic rings. The van der Waals surface area contributed by atoms with Gasteiger partial charge in [-0.1, -0.05) is 18.2 Å². The van der Waals surface area contributed by atoms with Gasteiger partial charge in [-0.15, -0.1) is 0 Å². The fourth-order valence-corrected chi connectivity index (χ4v) is 3.09. The molecule has 7 heteroatoms. The van der Waals surface area contributed by atoms with Gasteiger partial charge in [0.25, 0.3) is 0 Å². The maximum atomic E-state index is 13.6. The number of aromatic nitrogens is 2. The van der Waals surface area contributed by atoms with Crippen molar-refractivity contribution in [3.05, 3.63) is 52.6 Å². The standard InChI is InChI=1S/C18H22FN3O3/c1-21-17-7-8-22(18(23)12-24-2)9-14(17)16(20-21)11-25-10-13-5-3-4-6-15(13)19/h3-6H,7-12H2,1-2H3. The SMILES string of the molecule is COCC(=O)N1CCc2c(c(COCc3ccccc3F)nn2C)C1. The topological polar surface area (TPSA) is 56.6 Å². The van der Waals surface area contributed by atoms with Gasteiger partial charge in [0.1, 0.15) is 12.4 Å². The van der Waals surface area contributed by atoms with Crippen LogP contribution in [-0.2, 0) is 47.5 Å². The molecule has 0 fully saturated rings. The molecule has 1 aromatic carbocycles. The molecule has 0 radical (unpaired) electrons. The molecule has 1 amide bonds. The highest BCUT2D eigenvalue weighted by molar-refractivity contribution is 5.77. The maximum Gasteiger partial charge on any atom is 0.248 e. The first-order valence-electron chi connectivity index (χ1n) is 8.21. The van der Waals surface area contributed by atoms with Gasteiger partial charge in [-0.05, 0) is 6.07 Å². The summed E-state index contributed by atoms with van der Waals surface area (Å²) in [5, 5.41) is 4.51. The largest absolute Gasteiger partial charge is 0.375 e. The lowest BCUT2D eigenvalue weighted by atomic mass is 10.1. The Kier molecular flexibility index (Phi) is 5.45. The second-order valence-electron chi connectivity index (χ2n) is 6.08. The first kappa shape index (κ1) is 17.6. The van der Waals surface area contributed by atoms with Gasteiger partial charge in [0.2, 0.25) is 5.91 Å². The molecule has 2 heterocycles. The van der Waals surface area contributed by atoms with Crippen LogP contribution in [0.5, 0.6) is 0 Å². The average Bonchev–Trinajstić information content (AvgIpc) is 2.92. The molecule has 3 rings (SSSR count). The number of carbonyl (C=O) groups excluding carboxylic acids is 1. The Balaban J connectivity index is 1.67. The number of carbonyl (C=O) groups is 1. The molecule has 6 nitrogen and oxygen atoms in total. The second kappa shape index (κ2) is 7.76. The molecule has 1 aliphatic rings. The number of aryl methyl sites for hydroxylation is 1. The van der Waals surface area contributed by atoms with Gasteiger partial charge in [-0.25, -0.2) is 4.39 Å². The number of benzene rings is 1. The summed E-state index contributed by atoms with van der Waals surface area (Å²) in [7, 11) is 3.41. The van der Waals surface area contributed by atoms with Crippen LogP contribution in [0.4, 0.5) is 4.39 Å². The molecule has 0 unspecified atom stereocenters. The highest BCUT2D eigenvalue weighted by Gasteiger charge is 2.26. The summed E-state index contributed by atoms with van der Waals surface area (Å²) in [6.07, 6.45) is 0.752. The highest BCUT2D eigenvalue weighted by atomic mass is 19.1. The minimum Gasteiger partial charge on any atom is -0.375 e. The van der Waals surface area contributed by atoms with Crippen LogP contribution in [0.1, 0.15) is 22.5 Å². The van der Waals surface area contributed by atoms with E-state index < -0.39 is 0 Å². The number of rotatable bonds is 6. The lowest BCUT2D eigenvalue weighted by Gasteiger charge is -2.27. The van der Waals surface area contributed by atoms with Gasteiger partial charge in [-0.2, -0.15) is 5.10 Å². The number of amides is 1. The molecule has 0 aliphatic carbocycles. The van der Waals surface area contributed by atoms with Crippen molar-refractivity contribution in [1.29, 1.82) is 0 Å². The molecule has 0 N–H and O–H groups in total. The fourth-order valence-electron chi connectivity index (χ4n) is 3.09. The maximum absolute atomic E-state index is 13.6. The minimum atomic E-state index is -0.276. The average molecular weight is 347 g/mol. The summed E-state index contributed by atoms with van der Waals surface area (Å²) in [4.78, 5) is 13.8. The Morgan fingerprint density at radius 3 is 2.88 bits per heavy atom. The van der Waals surface area contributed by atoms with Gasteiger partial charge < -0.3 is 14.4 Å². The molecule has 1 aromatic heterocycles. The number of ether oxygens (including phenoxy) is 2. The van der Waals surface area contributed by atoms with E-state index in [2.05, 4.69) is 5.10 Å². The van der Waals surface area contributed by atoms with E-state index in [9.17, 15) is 9.18 Å². The molecule has 0 saturated carbocycles. The Labute approximate surface area is 146 Å². The zero-order valence-corrected chi connectivity index (χ0v) is 14.5. The Morgan fingerprint density at radius 1 is 1.32 bits per heavy atom. The third-order valence-corrected chi connectivity index (χ3v) is 4.40. The first-order chi connectivity index (χ1) is 12.1. The molecule has 134 valence electrons. The molecular weight excluding hydrogens is 325 g/mol. The number of hydrogen-bond acceptors (Lipinski definition) is 4. The van der Waals surface area contributed by atoms with Crippen molar-refractivity contribution in [2.24, 2.45) is 7.05 Å². The zero-order valence-electron chi connectivity index (χ0n) is 14.5. The Hall–Kier alpha value is -2.25. The Bertz CT molecular complexity index is 760. The predicted octanol–water partition coefficient (Wildman–Crippen LogP) is 1.81. The van der Waals surface area contributed by atoms with Gasteiger partial charge in [0.05, 0.1) is 18.9 Å². The van der Waals surface area contributed by atoms with E-state index >= 15 is 0 Å². The van der Waals surface area contributed by atoms with E-state index in [1.54, 1.807) is 23.1 Å². The number of fused-ring (bicyclic) bond motifs is 1. The summed E-state index contributed by atoms with van der Waals surface area (Å²) in [6, 6.07) is 6.55. The van der Waals surface area contributed by atoms with Crippen molar-refractivity contribution in [1.82, 2.24) is 14.7 Å². The van der Waals surface area contributed by atoms with E-state index in [4.69, 9.17) is 9.47 Å². The summed E-state index contributed by atoms with van der Waals surface area (Å²) in [5.74, 6) is -0.308. The number of nitrogens with zero attached hydrogens (tertiary/aromatic N) is 3. The van der Waals surface area contributed by atoms with Gasteiger partial charge in [0, 0.05) is 50.5 Å². The third kappa shape index (κ3) is 3.88. The van der Waals surface area contributed by atoms with Crippen molar-refractivity contribution in [2.45, 2.75) is 26.2 Å². The zero-order chi connectivity index (χ0) is 17.8. The smallest absolute Gasteiger partial charge is 0.248 e. The first-order valence-corrected chi connectivity index (χ1v) is 8.21. The van der Waals surface area contributed by atoms with E-state index in [1.165, 1.54) is 13.2 Å². The van der Waals surface area contributed by atoms with Crippen LogP contribution in [0.3, 0.4) is 0 Å². The molecule has 0 atom stereocenters. The quantitative estimate of drug-likeness (QED) is 0.800. The number of halogens is 1. The van der Waals surface area contributed by atoms with Crippen molar-refractivity contribution in [3.63, 3.8) is 0 Å². The number of methoxy groups -OCH3 is 1. The van der Waals surface area contributed by atoms with E-state index in [1.807, 2.05) is 11.7 Å². The second-order valence-corrected chi connectivity index (χ2v) is 6.08. The van der Waals surface area contributed by atoms with Crippen molar-refractivity contribution < 1.29 is 18.7 Å². The van der Waals surface area contributed by atoms with Crippen molar-refractivity contribution in [3.8, 4) is 0 Å². The van der Waals surface area contributed by atoms with E-state index in [-0.39, 0.29) is 31.5 Å². The molecule has 0 spiro atoms. The normalized spacial score (nSPS) is 13.8. The van der Waals surface area contributed by atoms with E-state index in [0.717, 1.165) is 23.4 Å². The summed E-state index contributed by atoms with van der Waals surface area (Å²) < 4.78 is 26.1. The van der Waals surface area contributed by atoms with Crippen LogP contribution in [-0.4, -0.2) is 40.8 Å². The van der Waals surface area contributed by atoms with Crippen LogP contribution in [0.2, 0.25) is 0 Å². The predicted molar refractivity (Wildman–Crippen MR) is 89.1 cm³/mol. The highest BCUT2D eigenvalue weighted by Crippen LogP contribution is 2.23. The van der Waals surface area contributed by atoms with Crippen LogP contribution in [0.25, 0.3) is 0 Å². The molecule has 0 saturated heterocycles. The molecular formula is C18H22FN3O3. The molecule has 1 aliphatic heterocycles. The van der Waals surface area contributed by atoms with Gasteiger partial charge >= 0.3 is 0 Å². The lowest BCUT2D eigenvalue weighted by molar-refractivity contribution is -0.136. The van der Waals surface area contributed by atoms with Crippen LogP contribution >= 0.6 is 0 Å². The summed E-state index contributed by atoms with van der Waals surface area (Å²) >= 11 is 0. The van der Waals surface area contributed by atoms with Gasteiger partial charge in [-0.3, -0.25) is 9.48 Å². The monoisotopic (exact) mass is 347 g/mol. The Morgan fingerprint density at radius 2 is 2.12 bits per heavy atom. The third-order valence-electron chi connectivity index (χ3n) is 4.40.